The molecule has 0 aliphatic carbocycles. The highest BCUT2D eigenvalue weighted by molar-refractivity contribution is 6.45. The van der Waals surface area contributed by atoms with Gasteiger partial charge in [0.2, 0.25) is 5.71 Å². The predicted octanol–water partition coefficient (Wildman–Crippen LogP) is 1.53. The van der Waals surface area contributed by atoms with Gasteiger partial charge in [0, 0.05) is 25.7 Å². The molecule has 0 saturated heterocycles. The molecule has 0 atom stereocenters. The summed E-state index contributed by atoms with van der Waals surface area (Å²) in [5.41, 5.74) is 10.4. The molecule has 0 saturated carbocycles. The molecule has 0 amide bonds. The summed E-state index contributed by atoms with van der Waals surface area (Å²) < 4.78 is 0. The topological polar surface area (TPSA) is 114 Å². The Labute approximate surface area is 122 Å². The maximum absolute atomic E-state index is 8.84. The van der Waals surface area contributed by atoms with Crippen LogP contribution in [0.3, 0.4) is 0 Å². The summed E-state index contributed by atoms with van der Waals surface area (Å²) >= 11 is 0. The van der Waals surface area contributed by atoms with Crippen molar-refractivity contribution in [2.24, 2.45) is 10.8 Å². The second-order valence-electron chi connectivity index (χ2n) is 4.52. The first-order chi connectivity index (χ1) is 10.0. The summed E-state index contributed by atoms with van der Waals surface area (Å²) in [5.74, 6) is -0.377. The molecule has 1 aromatic carbocycles. The molecule has 0 unspecified atom stereocenters. The normalized spacial score (nSPS) is 11.0. The molecule has 2 rings (SSSR count). The van der Waals surface area contributed by atoms with Crippen LogP contribution in [0.15, 0.2) is 35.6 Å². The molecule has 106 valence electrons. The number of pyridine rings is 1. The zero-order valence-corrected chi connectivity index (χ0v) is 11.8. The molecule has 0 radical (unpaired) electrons. The molecule has 1 aromatic heterocycles. The van der Waals surface area contributed by atoms with E-state index in [1.54, 1.807) is 12.3 Å². The number of aromatic nitrogens is 1. The van der Waals surface area contributed by atoms with E-state index < -0.39 is 0 Å². The summed E-state index contributed by atoms with van der Waals surface area (Å²) in [5, 5.41) is 20.8. The number of amidine groups is 1. The summed E-state index contributed by atoms with van der Waals surface area (Å²) in [6, 6.07) is 9.25. The Morgan fingerprint density at radius 1 is 1.43 bits per heavy atom. The fourth-order valence-corrected chi connectivity index (χ4v) is 1.88. The van der Waals surface area contributed by atoms with E-state index >= 15 is 0 Å². The van der Waals surface area contributed by atoms with E-state index in [0.29, 0.717) is 5.69 Å². The van der Waals surface area contributed by atoms with Gasteiger partial charge in [-0.15, -0.1) is 0 Å². The number of nitrogens with one attached hydrogen (secondary N) is 2. The van der Waals surface area contributed by atoms with Crippen LogP contribution in [0.2, 0.25) is 0 Å². The van der Waals surface area contributed by atoms with E-state index in [1.807, 2.05) is 43.3 Å². The van der Waals surface area contributed by atoms with Gasteiger partial charge in [0.1, 0.15) is 6.07 Å². The van der Waals surface area contributed by atoms with Gasteiger partial charge in [-0.2, -0.15) is 10.4 Å². The lowest BCUT2D eigenvalue weighted by molar-refractivity contribution is 1.13. The minimum atomic E-state index is -0.377. The van der Waals surface area contributed by atoms with Crippen molar-refractivity contribution in [3.63, 3.8) is 0 Å². The molecule has 4 N–H and O–H groups in total. The van der Waals surface area contributed by atoms with Gasteiger partial charge in [0.05, 0.1) is 16.9 Å². The third-order valence-electron chi connectivity index (χ3n) is 2.88. The van der Waals surface area contributed by atoms with E-state index in [2.05, 4.69) is 15.5 Å². The summed E-state index contributed by atoms with van der Waals surface area (Å²) in [4.78, 5) is 6.35. The molecular weight excluding hydrogens is 266 g/mol. The molecule has 0 fully saturated rings. The average Bonchev–Trinajstić information content (AvgIpc) is 2.47. The number of hydrazone groups is 1. The van der Waals surface area contributed by atoms with Crippen molar-refractivity contribution in [2.45, 2.75) is 0 Å². The standard InChI is InChI=1S/C14H15N7/c1-21(2)12-6-5-10(9-4-3-7-18-13(9)12)19-20-11(8-15)14(16)17/h3-7,19H,1-2H3,(H3,16,17)/b20-11+. The van der Waals surface area contributed by atoms with Crippen LogP contribution in [0.5, 0.6) is 0 Å². The Balaban J connectivity index is 2.50. The van der Waals surface area contributed by atoms with Crippen LogP contribution < -0.4 is 16.1 Å². The number of nitriles is 1. The summed E-state index contributed by atoms with van der Waals surface area (Å²) in [7, 11) is 3.89. The Morgan fingerprint density at radius 2 is 2.19 bits per heavy atom. The van der Waals surface area contributed by atoms with E-state index in [9.17, 15) is 0 Å². The van der Waals surface area contributed by atoms with Crippen LogP contribution in [-0.4, -0.2) is 30.6 Å². The maximum atomic E-state index is 8.84. The third-order valence-corrected chi connectivity index (χ3v) is 2.88. The quantitative estimate of drug-likeness (QED) is 0.446. The molecule has 1 heterocycles. The van der Waals surface area contributed by atoms with Crippen molar-refractivity contribution in [1.29, 1.82) is 10.7 Å². The zero-order valence-electron chi connectivity index (χ0n) is 11.8. The smallest absolute Gasteiger partial charge is 0.201 e. The van der Waals surface area contributed by atoms with Crippen molar-refractivity contribution in [3.05, 3.63) is 30.5 Å². The van der Waals surface area contributed by atoms with Gasteiger partial charge in [-0.25, -0.2) is 0 Å². The van der Waals surface area contributed by atoms with Gasteiger partial charge in [-0.05, 0) is 24.3 Å². The van der Waals surface area contributed by atoms with Crippen LogP contribution >= 0.6 is 0 Å². The largest absolute Gasteiger partial charge is 0.382 e. The molecule has 0 aliphatic rings. The zero-order chi connectivity index (χ0) is 15.4. The first-order valence-corrected chi connectivity index (χ1v) is 6.18. The highest BCUT2D eigenvalue weighted by Crippen LogP contribution is 2.29. The molecule has 0 bridgehead atoms. The Hall–Kier alpha value is -3.14. The fourth-order valence-electron chi connectivity index (χ4n) is 1.88. The van der Waals surface area contributed by atoms with Crippen molar-refractivity contribution >= 4 is 33.8 Å². The Bertz CT molecular complexity index is 755. The van der Waals surface area contributed by atoms with E-state index in [1.165, 1.54) is 0 Å². The van der Waals surface area contributed by atoms with E-state index in [4.69, 9.17) is 16.4 Å². The van der Waals surface area contributed by atoms with Gasteiger partial charge >= 0.3 is 0 Å². The van der Waals surface area contributed by atoms with Crippen LogP contribution in [0.25, 0.3) is 10.9 Å². The number of fused-ring (bicyclic) bond motifs is 1. The number of hydrogen-bond donors (Lipinski definition) is 3. The molecule has 21 heavy (non-hydrogen) atoms. The lowest BCUT2D eigenvalue weighted by Gasteiger charge is -2.16. The van der Waals surface area contributed by atoms with E-state index in [0.717, 1.165) is 16.6 Å². The van der Waals surface area contributed by atoms with Gasteiger partial charge in [-0.1, -0.05) is 0 Å². The molecule has 7 nitrogen and oxygen atoms in total. The number of rotatable bonds is 4. The van der Waals surface area contributed by atoms with Crippen molar-refractivity contribution in [3.8, 4) is 6.07 Å². The SMILES string of the molecule is CN(C)c1ccc(N/N=C(\C#N)C(=N)N)c2cccnc12. The maximum Gasteiger partial charge on any atom is 0.201 e. The lowest BCUT2D eigenvalue weighted by atomic mass is 10.1. The summed E-state index contributed by atoms with van der Waals surface area (Å²) in [6.07, 6.45) is 1.72. The Morgan fingerprint density at radius 3 is 2.81 bits per heavy atom. The number of hydrogen-bond acceptors (Lipinski definition) is 6. The van der Waals surface area contributed by atoms with Crippen molar-refractivity contribution in [1.82, 2.24) is 4.98 Å². The van der Waals surface area contributed by atoms with Crippen LogP contribution in [-0.2, 0) is 0 Å². The number of nitrogens with zero attached hydrogens (tertiary/aromatic N) is 4. The van der Waals surface area contributed by atoms with Crippen LogP contribution in [0, 0.1) is 16.7 Å². The molecular formula is C14H15N7. The first kappa shape index (κ1) is 14.3. The number of nitrogens with two attached hydrogens (primary N) is 1. The molecule has 0 spiro atoms. The second kappa shape index (κ2) is 5.88. The monoisotopic (exact) mass is 281 g/mol. The number of anilines is 2. The molecule has 0 aliphatic heterocycles. The van der Waals surface area contributed by atoms with Crippen LogP contribution in [0.4, 0.5) is 11.4 Å². The van der Waals surface area contributed by atoms with Crippen molar-refractivity contribution in [2.75, 3.05) is 24.4 Å². The number of benzene rings is 1. The van der Waals surface area contributed by atoms with Gasteiger partial charge < -0.3 is 10.6 Å². The average molecular weight is 281 g/mol. The minimum Gasteiger partial charge on any atom is -0.382 e. The molecule has 7 heteroatoms. The van der Waals surface area contributed by atoms with Crippen molar-refractivity contribution < 1.29 is 0 Å². The van der Waals surface area contributed by atoms with Crippen LogP contribution in [0.1, 0.15) is 0 Å². The third kappa shape index (κ3) is 2.90. The lowest BCUT2D eigenvalue weighted by Crippen LogP contribution is -2.21. The highest BCUT2D eigenvalue weighted by Gasteiger charge is 2.08. The van der Waals surface area contributed by atoms with Gasteiger partial charge in [0.15, 0.2) is 5.84 Å². The Kier molecular flexibility index (Phi) is 4.00. The predicted molar refractivity (Wildman–Crippen MR) is 84.7 cm³/mol. The summed E-state index contributed by atoms with van der Waals surface area (Å²) in [6.45, 7) is 0. The molecule has 2 aromatic rings. The second-order valence-corrected chi connectivity index (χ2v) is 4.52. The fraction of sp³-hybridized carbons (Fsp3) is 0.143. The van der Waals surface area contributed by atoms with Gasteiger partial charge in [0.25, 0.3) is 0 Å². The van der Waals surface area contributed by atoms with E-state index in [-0.39, 0.29) is 11.5 Å². The highest BCUT2D eigenvalue weighted by atomic mass is 15.3. The first-order valence-electron chi connectivity index (χ1n) is 6.18. The van der Waals surface area contributed by atoms with Gasteiger partial charge in [-0.3, -0.25) is 15.8 Å². The minimum absolute atomic E-state index is 0.163.